The van der Waals surface area contributed by atoms with Crippen molar-refractivity contribution < 1.29 is 14.3 Å². The van der Waals surface area contributed by atoms with Crippen molar-refractivity contribution in [2.24, 2.45) is 0 Å². The Labute approximate surface area is 164 Å². The summed E-state index contributed by atoms with van der Waals surface area (Å²) in [4.78, 5) is 12.4. The van der Waals surface area contributed by atoms with E-state index in [1.54, 1.807) is 24.3 Å². The Balaban J connectivity index is 1.51. The molecule has 0 saturated heterocycles. The molecular formula is C22H22ClNO3. The molecular weight excluding hydrogens is 362 g/mol. The molecule has 1 N–H and O–H groups in total. The van der Waals surface area contributed by atoms with Crippen LogP contribution in [0.15, 0.2) is 66.7 Å². The SMILES string of the molecule is CCC(Oc1cccc(Cl)c1)C(=O)NCCOc1cccc2ccccc12. The van der Waals surface area contributed by atoms with Crippen LogP contribution in [-0.2, 0) is 4.79 Å². The van der Waals surface area contributed by atoms with Crippen LogP contribution in [0, 0.1) is 0 Å². The predicted molar refractivity (Wildman–Crippen MR) is 109 cm³/mol. The van der Waals surface area contributed by atoms with Crippen LogP contribution in [0.4, 0.5) is 0 Å². The number of amides is 1. The lowest BCUT2D eigenvalue weighted by Crippen LogP contribution is -2.39. The average molecular weight is 384 g/mol. The van der Waals surface area contributed by atoms with Gasteiger partial charge in [-0.25, -0.2) is 0 Å². The second kappa shape index (κ2) is 9.28. The Morgan fingerprint density at radius 1 is 1.07 bits per heavy atom. The van der Waals surface area contributed by atoms with Gasteiger partial charge in [-0.3, -0.25) is 4.79 Å². The first kappa shape index (κ1) is 19.1. The van der Waals surface area contributed by atoms with Crippen molar-refractivity contribution in [3.63, 3.8) is 0 Å². The highest BCUT2D eigenvalue weighted by atomic mass is 35.5. The monoisotopic (exact) mass is 383 g/mol. The van der Waals surface area contributed by atoms with Crippen molar-refractivity contribution in [2.75, 3.05) is 13.2 Å². The summed E-state index contributed by atoms with van der Waals surface area (Å²) in [6.07, 6.45) is -0.0104. The van der Waals surface area contributed by atoms with Crippen LogP contribution in [0.25, 0.3) is 10.8 Å². The van der Waals surface area contributed by atoms with Crippen LogP contribution in [-0.4, -0.2) is 25.2 Å². The number of hydrogen-bond donors (Lipinski definition) is 1. The van der Waals surface area contributed by atoms with Crippen LogP contribution in [0.3, 0.4) is 0 Å². The Kier molecular flexibility index (Phi) is 6.55. The Morgan fingerprint density at radius 3 is 2.67 bits per heavy atom. The molecule has 140 valence electrons. The fourth-order valence-electron chi connectivity index (χ4n) is 2.80. The molecule has 5 heteroatoms. The summed E-state index contributed by atoms with van der Waals surface area (Å²) in [5.74, 6) is 1.22. The fraction of sp³-hybridized carbons (Fsp3) is 0.227. The second-order valence-electron chi connectivity index (χ2n) is 6.09. The highest BCUT2D eigenvalue weighted by Crippen LogP contribution is 2.25. The molecule has 4 nitrogen and oxygen atoms in total. The van der Waals surface area contributed by atoms with Crippen molar-refractivity contribution in [2.45, 2.75) is 19.4 Å². The zero-order valence-electron chi connectivity index (χ0n) is 15.2. The maximum atomic E-state index is 12.4. The van der Waals surface area contributed by atoms with E-state index in [0.717, 1.165) is 16.5 Å². The van der Waals surface area contributed by atoms with Gasteiger partial charge < -0.3 is 14.8 Å². The molecule has 3 aromatic carbocycles. The molecule has 0 saturated carbocycles. The lowest BCUT2D eigenvalue weighted by molar-refractivity contribution is -0.128. The van der Waals surface area contributed by atoms with E-state index in [-0.39, 0.29) is 5.91 Å². The number of ether oxygens (including phenoxy) is 2. The van der Waals surface area contributed by atoms with Gasteiger partial charge in [0.25, 0.3) is 5.91 Å². The molecule has 0 fully saturated rings. The number of carbonyl (C=O) groups excluding carboxylic acids is 1. The molecule has 0 heterocycles. The van der Waals surface area contributed by atoms with E-state index >= 15 is 0 Å². The molecule has 1 unspecified atom stereocenters. The molecule has 0 aliphatic rings. The van der Waals surface area contributed by atoms with Crippen molar-refractivity contribution >= 4 is 28.3 Å². The molecule has 3 rings (SSSR count). The molecule has 0 aliphatic carbocycles. The van der Waals surface area contributed by atoms with Gasteiger partial charge in [-0.05, 0) is 36.1 Å². The smallest absolute Gasteiger partial charge is 0.261 e. The molecule has 0 aromatic heterocycles. The van der Waals surface area contributed by atoms with Gasteiger partial charge in [0.15, 0.2) is 6.10 Å². The van der Waals surface area contributed by atoms with Crippen LogP contribution in [0.5, 0.6) is 11.5 Å². The molecule has 27 heavy (non-hydrogen) atoms. The second-order valence-corrected chi connectivity index (χ2v) is 6.53. The van der Waals surface area contributed by atoms with Crippen molar-refractivity contribution in [3.8, 4) is 11.5 Å². The van der Waals surface area contributed by atoms with Crippen LogP contribution in [0.1, 0.15) is 13.3 Å². The molecule has 3 aromatic rings. The number of hydrogen-bond acceptors (Lipinski definition) is 3. The highest BCUT2D eigenvalue weighted by Gasteiger charge is 2.18. The average Bonchev–Trinajstić information content (AvgIpc) is 2.69. The van der Waals surface area contributed by atoms with Crippen molar-refractivity contribution in [1.82, 2.24) is 5.32 Å². The molecule has 0 radical (unpaired) electrons. The number of nitrogens with one attached hydrogen (secondary N) is 1. The maximum Gasteiger partial charge on any atom is 0.261 e. The molecule has 1 amide bonds. The Hall–Kier alpha value is -2.72. The normalized spacial score (nSPS) is 11.8. The minimum Gasteiger partial charge on any atom is -0.491 e. The molecule has 0 spiro atoms. The third-order valence-electron chi connectivity index (χ3n) is 4.15. The van der Waals surface area contributed by atoms with Crippen molar-refractivity contribution in [1.29, 1.82) is 0 Å². The van der Waals surface area contributed by atoms with E-state index in [9.17, 15) is 4.79 Å². The Bertz CT molecular complexity index is 907. The van der Waals surface area contributed by atoms with Gasteiger partial charge in [-0.15, -0.1) is 0 Å². The lowest BCUT2D eigenvalue weighted by Gasteiger charge is -2.17. The van der Waals surface area contributed by atoms with E-state index in [2.05, 4.69) is 5.32 Å². The van der Waals surface area contributed by atoms with Crippen LogP contribution in [0.2, 0.25) is 5.02 Å². The first-order chi connectivity index (χ1) is 13.2. The van der Waals surface area contributed by atoms with Crippen LogP contribution < -0.4 is 14.8 Å². The first-order valence-electron chi connectivity index (χ1n) is 8.98. The van der Waals surface area contributed by atoms with Crippen LogP contribution >= 0.6 is 11.6 Å². The predicted octanol–water partition coefficient (Wildman–Crippen LogP) is 4.85. The van der Waals surface area contributed by atoms with E-state index < -0.39 is 6.10 Å². The summed E-state index contributed by atoms with van der Waals surface area (Å²) >= 11 is 5.96. The van der Waals surface area contributed by atoms with E-state index in [0.29, 0.717) is 30.3 Å². The molecule has 1 atom stereocenters. The highest BCUT2D eigenvalue weighted by molar-refractivity contribution is 6.30. The summed E-state index contributed by atoms with van der Waals surface area (Å²) in [7, 11) is 0. The van der Waals surface area contributed by atoms with E-state index in [1.807, 2.05) is 49.4 Å². The number of rotatable bonds is 8. The number of carbonyl (C=O) groups is 1. The van der Waals surface area contributed by atoms with E-state index in [4.69, 9.17) is 21.1 Å². The van der Waals surface area contributed by atoms with E-state index in [1.165, 1.54) is 0 Å². The number of halogens is 1. The Morgan fingerprint density at radius 2 is 1.85 bits per heavy atom. The minimum atomic E-state index is -0.568. The largest absolute Gasteiger partial charge is 0.491 e. The fourth-order valence-corrected chi connectivity index (χ4v) is 2.98. The van der Waals surface area contributed by atoms with Gasteiger partial charge in [0.2, 0.25) is 0 Å². The third kappa shape index (κ3) is 5.14. The summed E-state index contributed by atoms with van der Waals surface area (Å²) in [5, 5.41) is 5.62. The topological polar surface area (TPSA) is 47.6 Å². The number of benzene rings is 3. The molecule has 0 bridgehead atoms. The summed E-state index contributed by atoms with van der Waals surface area (Å²) in [6, 6.07) is 21.0. The lowest BCUT2D eigenvalue weighted by atomic mass is 10.1. The zero-order valence-corrected chi connectivity index (χ0v) is 15.9. The van der Waals surface area contributed by atoms with Gasteiger partial charge in [0.1, 0.15) is 18.1 Å². The summed E-state index contributed by atoms with van der Waals surface area (Å²) in [6.45, 7) is 2.69. The molecule has 0 aliphatic heterocycles. The maximum absolute atomic E-state index is 12.4. The van der Waals surface area contributed by atoms with Gasteiger partial charge in [-0.2, -0.15) is 0 Å². The summed E-state index contributed by atoms with van der Waals surface area (Å²) < 4.78 is 11.6. The quantitative estimate of drug-likeness (QED) is 0.566. The first-order valence-corrected chi connectivity index (χ1v) is 9.35. The van der Waals surface area contributed by atoms with Gasteiger partial charge in [0, 0.05) is 10.4 Å². The van der Waals surface area contributed by atoms with Crippen molar-refractivity contribution in [3.05, 3.63) is 71.8 Å². The standard InChI is InChI=1S/C22H22ClNO3/c1-2-20(27-18-10-6-9-17(23)15-18)22(25)24-13-14-26-21-12-5-8-16-7-3-4-11-19(16)21/h3-12,15,20H,2,13-14H2,1H3,(H,24,25). The van der Waals surface area contributed by atoms with Gasteiger partial charge in [0.05, 0.1) is 6.54 Å². The minimum absolute atomic E-state index is 0.168. The number of fused-ring (bicyclic) bond motifs is 1. The summed E-state index contributed by atoms with van der Waals surface area (Å²) in [5.41, 5.74) is 0. The third-order valence-corrected chi connectivity index (χ3v) is 4.38. The van der Waals surface area contributed by atoms with Gasteiger partial charge >= 0.3 is 0 Å². The zero-order chi connectivity index (χ0) is 19.1. The van der Waals surface area contributed by atoms with Gasteiger partial charge in [-0.1, -0.05) is 61.0 Å².